The topological polar surface area (TPSA) is 106 Å². The average Bonchev–Trinajstić information content (AvgIpc) is 2.22. The number of hydrogen-bond acceptors (Lipinski definition) is 4. The molecule has 0 radical (unpaired) electrons. The summed E-state index contributed by atoms with van der Waals surface area (Å²) >= 11 is 0. The van der Waals surface area contributed by atoms with Gasteiger partial charge in [0.1, 0.15) is 0 Å². The Bertz CT molecular complexity index is 551. The third kappa shape index (κ3) is 1.76. The Balaban J connectivity index is 2.69. The number of rotatable bonds is 1. The molecule has 0 aliphatic heterocycles. The van der Waals surface area contributed by atoms with Gasteiger partial charge in [0.25, 0.3) is 10.1 Å². The first-order chi connectivity index (χ1) is 7.41. The first-order valence-electron chi connectivity index (χ1n) is 4.71. The van der Waals surface area contributed by atoms with E-state index >= 15 is 0 Å². The van der Waals surface area contributed by atoms with Gasteiger partial charge < -0.3 is 11.5 Å². The van der Waals surface area contributed by atoms with Gasteiger partial charge in [0.15, 0.2) is 0 Å². The van der Waals surface area contributed by atoms with Crippen molar-refractivity contribution < 1.29 is 13.0 Å². The Morgan fingerprint density at radius 3 is 2.44 bits per heavy atom. The van der Waals surface area contributed by atoms with Crippen LogP contribution in [0.1, 0.15) is 17.2 Å². The number of benzene rings is 1. The third-order valence-electron chi connectivity index (χ3n) is 2.62. The van der Waals surface area contributed by atoms with Crippen LogP contribution < -0.4 is 11.5 Å². The van der Waals surface area contributed by atoms with E-state index in [0.29, 0.717) is 11.1 Å². The Hall–Kier alpha value is -1.21. The van der Waals surface area contributed by atoms with Crippen LogP contribution in [0.15, 0.2) is 30.3 Å². The maximum absolute atomic E-state index is 11.2. The van der Waals surface area contributed by atoms with Crippen molar-refractivity contribution in [3.05, 3.63) is 41.5 Å². The summed E-state index contributed by atoms with van der Waals surface area (Å²) in [5.74, 6) is 0. The molecular weight excluding hydrogens is 228 g/mol. The summed E-state index contributed by atoms with van der Waals surface area (Å²) in [6.07, 6.45) is 1.28. The summed E-state index contributed by atoms with van der Waals surface area (Å²) in [6.45, 7) is 0. The van der Waals surface area contributed by atoms with Crippen LogP contribution >= 0.6 is 0 Å². The molecule has 0 amide bonds. The van der Waals surface area contributed by atoms with Gasteiger partial charge >= 0.3 is 0 Å². The molecule has 0 bridgehead atoms. The smallest absolute Gasteiger partial charge is 0.294 e. The Morgan fingerprint density at radius 2 is 1.81 bits per heavy atom. The highest BCUT2D eigenvalue weighted by molar-refractivity contribution is 7.95. The molecule has 5 nitrogen and oxygen atoms in total. The van der Waals surface area contributed by atoms with Crippen molar-refractivity contribution in [3.63, 3.8) is 0 Å². The van der Waals surface area contributed by atoms with Crippen molar-refractivity contribution in [2.24, 2.45) is 11.5 Å². The molecule has 5 N–H and O–H groups in total. The van der Waals surface area contributed by atoms with Crippen LogP contribution in [0.5, 0.6) is 0 Å². The minimum atomic E-state index is -4.27. The predicted molar refractivity (Wildman–Crippen MR) is 60.9 cm³/mol. The minimum absolute atomic E-state index is 0.169. The van der Waals surface area contributed by atoms with E-state index in [1.807, 2.05) is 0 Å². The summed E-state index contributed by atoms with van der Waals surface area (Å²) in [5.41, 5.74) is 12.6. The highest BCUT2D eigenvalue weighted by atomic mass is 32.2. The van der Waals surface area contributed by atoms with Gasteiger partial charge in [-0.15, -0.1) is 0 Å². The van der Waals surface area contributed by atoms with Crippen molar-refractivity contribution in [3.8, 4) is 0 Å². The van der Waals surface area contributed by atoms with Crippen molar-refractivity contribution in [2.45, 2.75) is 12.1 Å². The molecule has 1 aromatic carbocycles. The normalized spacial score (nSPS) is 24.8. The zero-order valence-electron chi connectivity index (χ0n) is 8.37. The van der Waals surface area contributed by atoms with Crippen molar-refractivity contribution in [2.75, 3.05) is 0 Å². The van der Waals surface area contributed by atoms with Gasteiger partial charge in [-0.05, 0) is 11.6 Å². The second-order valence-electron chi connectivity index (χ2n) is 3.70. The number of nitrogens with two attached hydrogens (primary N) is 2. The molecule has 6 heteroatoms. The maximum Gasteiger partial charge on any atom is 0.294 e. The largest absolute Gasteiger partial charge is 0.323 e. The van der Waals surface area contributed by atoms with Gasteiger partial charge in [-0.1, -0.05) is 24.3 Å². The molecule has 2 unspecified atom stereocenters. The Labute approximate surface area is 93.5 Å². The van der Waals surface area contributed by atoms with Gasteiger partial charge in [0.2, 0.25) is 0 Å². The van der Waals surface area contributed by atoms with Crippen LogP contribution in [0.3, 0.4) is 0 Å². The van der Waals surface area contributed by atoms with E-state index in [2.05, 4.69) is 0 Å². The van der Waals surface area contributed by atoms with Gasteiger partial charge in [0.05, 0.1) is 4.91 Å². The van der Waals surface area contributed by atoms with Crippen LogP contribution in [0, 0.1) is 0 Å². The Kier molecular flexibility index (Phi) is 2.59. The lowest BCUT2D eigenvalue weighted by Crippen LogP contribution is -2.36. The van der Waals surface area contributed by atoms with Gasteiger partial charge in [0, 0.05) is 17.6 Å². The quantitative estimate of drug-likeness (QED) is 0.610. The number of fused-ring (bicyclic) bond motifs is 1. The van der Waals surface area contributed by atoms with Crippen molar-refractivity contribution in [1.29, 1.82) is 0 Å². The highest BCUT2D eigenvalue weighted by Gasteiger charge is 2.29. The molecule has 86 valence electrons. The molecule has 0 spiro atoms. The maximum atomic E-state index is 11.2. The second kappa shape index (κ2) is 3.67. The van der Waals surface area contributed by atoms with E-state index in [9.17, 15) is 8.42 Å². The predicted octanol–water partition coefficient (Wildman–Crippen LogP) is 0.256. The molecule has 0 fully saturated rings. The molecule has 2 atom stereocenters. The third-order valence-corrected chi connectivity index (χ3v) is 3.53. The molecule has 0 saturated carbocycles. The van der Waals surface area contributed by atoms with E-state index in [0.717, 1.165) is 0 Å². The van der Waals surface area contributed by atoms with E-state index in [4.69, 9.17) is 16.0 Å². The molecule has 1 aliphatic rings. The number of hydrogen-bond donors (Lipinski definition) is 3. The lowest BCUT2D eigenvalue weighted by atomic mass is 9.90. The van der Waals surface area contributed by atoms with Crippen LogP contribution in [0.4, 0.5) is 0 Å². The zero-order valence-corrected chi connectivity index (χ0v) is 9.18. The standard InChI is InChI=1S/C10H12N2O3S/c11-8-5-9(16(13,14)15)6-3-1-2-4-7(6)10(8)12/h1-5,8,10H,11-12H2,(H,13,14,15). The molecule has 0 saturated heterocycles. The van der Waals surface area contributed by atoms with Crippen molar-refractivity contribution >= 4 is 15.0 Å². The van der Waals surface area contributed by atoms with E-state index in [-0.39, 0.29) is 4.91 Å². The van der Waals surface area contributed by atoms with E-state index in [1.54, 1.807) is 24.3 Å². The SMILES string of the molecule is NC1C=C(S(=O)(=O)O)c2ccccc2C1N. The fourth-order valence-corrected chi connectivity index (χ4v) is 2.61. The molecule has 1 aromatic rings. The zero-order chi connectivity index (χ0) is 11.9. The van der Waals surface area contributed by atoms with Crippen LogP contribution in [0.2, 0.25) is 0 Å². The average molecular weight is 240 g/mol. The summed E-state index contributed by atoms with van der Waals surface area (Å²) in [6, 6.07) is 5.66. The summed E-state index contributed by atoms with van der Waals surface area (Å²) in [7, 11) is -4.27. The van der Waals surface area contributed by atoms with E-state index < -0.39 is 22.2 Å². The fourth-order valence-electron chi connectivity index (χ4n) is 1.81. The second-order valence-corrected chi connectivity index (χ2v) is 5.09. The van der Waals surface area contributed by atoms with Gasteiger partial charge in [-0.3, -0.25) is 4.55 Å². The van der Waals surface area contributed by atoms with Crippen LogP contribution in [-0.2, 0) is 10.1 Å². The molecule has 2 rings (SSSR count). The molecule has 16 heavy (non-hydrogen) atoms. The van der Waals surface area contributed by atoms with Gasteiger partial charge in [-0.2, -0.15) is 8.42 Å². The highest BCUT2D eigenvalue weighted by Crippen LogP contribution is 2.33. The summed E-state index contributed by atoms with van der Waals surface area (Å²) < 4.78 is 31.5. The Morgan fingerprint density at radius 1 is 1.19 bits per heavy atom. The molecule has 0 aromatic heterocycles. The minimum Gasteiger partial charge on any atom is -0.323 e. The lowest BCUT2D eigenvalue weighted by molar-refractivity contribution is 0.495. The van der Waals surface area contributed by atoms with E-state index in [1.165, 1.54) is 6.08 Å². The van der Waals surface area contributed by atoms with Crippen LogP contribution in [0.25, 0.3) is 4.91 Å². The fraction of sp³-hybridized carbons (Fsp3) is 0.200. The monoisotopic (exact) mass is 240 g/mol. The first kappa shape index (κ1) is 11.3. The molecular formula is C10H12N2O3S. The summed E-state index contributed by atoms with van der Waals surface area (Å²) in [5, 5.41) is 0. The van der Waals surface area contributed by atoms with Crippen molar-refractivity contribution in [1.82, 2.24) is 0 Å². The first-order valence-corrected chi connectivity index (χ1v) is 6.15. The summed E-state index contributed by atoms with van der Waals surface area (Å²) in [4.78, 5) is -0.169. The van der Waals surface area contributed by atoms with Crippen LogP contribution in [-0.4, -0.2) is 19.0 Å². The molecule has 0 heterocycles. The molecule has 1 aliphatic carbocycles. The lowest BCUT2D eigenvalue weighted by Gasteiger charge is -2.26. The van der Waals surface area contributed by atoms with Gasteiger partial charge in [-0.25, -0.2) is 0 Å².